The number of hydrogen-bond acceptors (Lipinski definition) is 6. The average molecular weight is 270 g/mol. The molecule has 1 aromatic rings. The first-order valence-corrected chi connectivity index (χ1v) is 6.78. The van der Waals surface area contributed by atoms with Gasteiger partial charge in [0.2, 0.25) is 0 Å². The first kappa shape index (κ1) is 13.0. The Kier molecular flexibility index (Phi) is 3.65. The van der Waals surface area contributed by atoms with Crippen LogP contribution in [0.3, 0.4) is 0 Å². The van der Waals surface area contributed by atoms with Crippen LogP contribution < -0.4 is 15.8 Å². The van der Waals surface area contributed by atoms with Gasteiger partial charge in [0.25, 0.3) is 0 Å². The number of ether oxygens (including phenoxy) is 2. The lowest BCUT2D eigenvalue weighted by molar-refractivity contribution is 0.0607. The molecular weight excluding hydrogens is 252 g/mol. The fraction of sp³-hybridized carbons (Fsp3) is 0.583. The summed E-state index contributed by atoms with van der Waals surface area (Å²) in [4.78, 5) is 12.0. The fourth-order valence-corrected chi connectivity index (χ4v) is 2.58. The summed E-state index contributed by atoms with van der Waals surface area (Å²) in [5, 5.41) is 4.16. The number of carbonyl (C=O) groups is 1. The van der Waals surface area contributed by atoms with E-state index in [1.807, 2.05) is 13.8 Å². The molecule has 0 radical (unpaired) electrons. The van der Waals surface area contributed by atoms with Crippen molar-refractivity contribution >= 4 is 28.0 Å². The molecule has 0 aliphatic heterocycles. The summed E-state index contributed by atoms with van der Waals surface area (Å²) in [6, 6.07) is 0.475. The molecule has 1 heterocycles. The van der Waals surface area contributed by atoms with E-state index < -0.39 is 5.97 Å². The smallest absolute Gasteiger partial charge is 0.350 e. The maximum absolute atomic E-state index is 11.6. The number of nitrogen functional groups attached to an aromatic ring is 1. The third kappa shape index (κ3) is 2.69. The Balaban J connectivity index is 2.32. The SMILES string of the molecule is COC(=O)c1sc(NC2CC2)c(OC(C)C)c1N. The van der Waals surface area contributed by atoms with Crippen LogP contribution in [0.2, 0.25) is 0 Å². The predicted octanol–water partition coefficient (Wildman–Crippen LogP) is 2.48. The molecule has 1 aliphatic rings. The number of carbonyl (C=O) groups excluding carboxylic acids is 1. The molecule has 6 heteroatoms. The zero-order valence-corrected chi connectivity index (χ0v) is 11.6. The summed E-state index contributed by atoms with van der Waals surface area (Å²) in [5.74, 6) is 0.150. The summed E-state index contributed by atoms with van der Waals surface area (Å²) in [6.07, 6.45) is 2.30. The number of anilines is 2. The largest absolute Gasteiger partial charge is 0.486 e. The Bertz CT molecular complexity index is 452. The van der Waals surface area contributed by atoms with Crippen LogP contribution in [0.5, 0.6) is 5.75 Å². The summed E-state index contributed by atoms with van der Waals surface area (Å²) in [6.45, 7) is 3.85. The third-order valence-corrected chi connectivity index (χ3v) is 3.63. The molecule has 1 aromatic heterocycles. The Morgan fingerprint density at radius 3 is 2.67 bits per heavy atom. The Morgan fingerprint density at radius 2 is 2.17 bits per heavy atom. The van der Waals surface area contributed by atoms with Crippen molar-refractivity contribution in [1.29, 1.82) is 0 Å². The molecule has 1 saturated carbocycles. The van der Waals surface area contributed by atoms with Crippen LogP contribution in [0.25, 0.3) is 0 Å². The van der Waals surface area contributed by atoms with Crippen molar-refractivity contribution in [2.24, 2.45) is 0 Å². The summed E-state index contributed by atoms with van der Waals surface area (Å²) >= 11 is 1.29. The van der Waals surface area contributed by atoms with Gasteiger partial charge in [0.15, 0.2) is 5.75 Å². The minimum Gasteiger partial charge on any atom is -0.486 e. The molecule has 0 amide bonds. The predicted molar refractivity (Wildman–Crippen MR) is 72.5 cm³/mol. The highest BCUT2D eigenvalue weighted by Gasteiger charge is 2.28. The average Bonchev–Trinajstić information content (AvgIpc) is 3.08. The van der Waals surface area contributed by atoms with Gasteiger partial charge in [-0.05, 0) is 26.7 Å². The van der Waals surface area contributed by atoms with Crippen LogP contribution in [0.4, 0.5) is 10.7 Å². The van der Waals surface area contributed by atoms with Crippen molar-refractivity contribution in [2.45, 2.75) is 38.8 Å². The summed E-state index contributed by atoms with van der Waals surface area (Å²) in [7, 11) is 1.35. The molecule has 1 fully saturated rings. The molecule has 0 unspecified atom stereocenters. The van der Waals surface area contributed by atoms with Gasteiger partial charge in [-0.3, -0.25) is 0 Å². The second-order valence-corrected chi connectivity index (χ2v) is 5.60. The van der Waals surface area contributed by atoms with Crippen LogP contribution in [-0.2, 0) is 4.74 Å². The van der Waals surface area contributed by atoms with E-state index in [0.29, 0.717) is 22.4 Å². The number of nitrogens with two attached hydrogens (primary N) is 1. The monoisotopic (exact) mass is 270 g/mol. The molecular formula is C12H18N2O3S. The molecule has 3 N–H and O–H groups in total. The third-order valence-electron chi connectivity index (χ3n) is 2.54. The van der Waals surface area contributed by atoms with Gasteiger partial charge >= 0.3 is 5.97 Å². The van der Waals surface area contributed by atoms with Gasteiger partial charge in [0.05, 0.1) is 13.2 Å². The molecule has 0 aromatic carbocycles. The normalized spacial score (nSPS) is 14.7. The topological polar surface area (TPSA) is 73.6 Å². The maximum Gasteiger partial charge on any atom is 0.350 e. The zero-order chi connectivity index (χ0) is 13.3. The molecule has 18 heavy (non-hydrogen) atoms. The van der Waals surface area contributed by atoms with Gasteiger partial charge in [-0.2, -0.15) is 0 Å². The van der Waals surface area contributed by atoms with Crippen LogP contribution in [0.15, 0.2) is 0 Å². The second kappa shape index (κ2) is 5.06. The van der Waals surface area contributed by atoms with E-state index in [-0.39, 0.29) is 6.10 Å². The number of esters is 1. The van der Waals surface area contributed by atoms with E-state index in [2.05, 4.69) is 5.32 Å². The lowest BCUT2D eigenvalue weighted by atomic mass is 10.3. The van der Waals surface area contributed by atoms with Gasteiger partial charge in [0.1, 0.15) is 15.6 Å². The Labute approximate surface area is 110 Å². The van der Waals surface area contributed by atoms with Gasteiger partial charge < -0.3 is 20.5 Å². The van der Waals surface area contributed by atoms with Gasteiger partial charge in [-0.1, -0.05) is 0 Å². The van der Waals surface area contributed by atoms with Crippen molar-refractivity contribution in [1.82, 2.24) is 0 Å². The van der Waals surface area contributed by atoms with E-state index in [0.717, 1.165) is 17.8 Å². The molecule has 5 nitrogen and oxygen atoms in total. The molecule has 1 aliphatic carbocycles. The zero-order valence-electron chi connectivity index (χ0n) is 10.8. The summed E-state index contributed by atoms with van der Waals surface area (Å²) < 4.78 is 10.4. The van der Waals surface area contributed by atoms with E-state index in [9.17, 15) is 4.79 Å². The number of methoxy groups -OCH3 is 1. The standard InChI is InChI=1S/C12H18N2O3S/c1-6(2)17-9-8(13)10(12(15)16-3)18-11(9)14-7-4-5-7/h6-7,14H,4-5,13H2,1-3H3. The molecule has 0 spiro atoms. The van der Waals surface area contributed by atoms with Crippen LogP contribution >= 0.6 is 11.3 Å². The number of thiophene rings is 1. The molecule has 0 bridgehead atoms. The van der Waals surface area contributed by atoms with Crippen LogP contribution in [0, 0.1) is 0 Å². The van der Waals surface area contributed by atoms with Crippen molar-refractivity contribution < 1.29 is 14.3 Å². The van der Waals surface area contributed by atoms with Gasteiger partial charge in [0, 0.05) is 6.04 Å². The van der Waals surface area contributed by atoms with Crippen molar-refractivity contribution in [3.63, 3.8) is 0 Å². The maximum atomic E-state index is 11.6. The van der Waals surface area contributed by atoms with E-state index >= 15 is 0 Å². The van der Waals surface area contributed by atoms with Crippen molar-refractivity contribution in [3.05, 3.63) is 4.88 Å². The lowest BCUT2D eigenvalue weighted by Gasteiger charge is -2.12. The minimum absolute atomic E-state index is 0.00662. The van der Waals surface area contributed by atoms with Crippen LogP contribution in [-0.4, -0.2) is 25.2 Å². The number of nitrogens with one attached hydrogen (secondary N) is 1. The van der Waals surface area contributed by atoms with Crippen molar-refractivity contribution in [3.8, 4) is 5.75 Å². The minimum atomic E-state index is -0.421. The van der Waals surface area contributed by atoms with Crippen LogP contribution in [0.1, 0.15) is 36.4 Å². The Hall–Kier alpha value is -1.43. The molecule has 0 saturated heterocycles. The highest BCUT2D eigenvalue weighted by atomic mass is 32.1. The number of hydrogen-bond donors (Lipinski definition) is 2. The number of rotatable bonds is 5. The highest BCUT2D eigenvalue weighted by molar-refractivity contribution is 7.19. The van der Waals surface area contributed by atoms with Gasteiger partial charge in [-0.15, -0.1) is 11.3 Å². The van der Waals surface area contributed by atoms with E-state index in [1.54, 1.807) is 0 Å². The molecule has 100 valence electrons. The summed E-state index contributed by atoms with van der Waals surface area (Å²) in [5.41, 5.74) is 6.33. The highest BCUT2D eigenvalue weighted by Crippen LogP contribution is 2.45. The van der Waals surface area contributed by atoms with Gasteiger partial charge in [-0.25, -0.2) is 4.79 Å². The lowest BCUT2D eigenvalue weighted by Crippen LogP contribution is -2.09. The molecule has 2 rings (SSSR count). The van der Waals surface area contributed by atoms with Crippen molar-refractivity contribution in [2.75, 3.05) is 18.2 Å². The Morgan fingerprint density at radius 1 is 1.50 bits per heavy atom. The molecule has 0 atom stereocenters. The first-order valence-electron chi connectivity index (χ1n) is 5.96. The fourth-order valence-electron chi connectivity index (χ4n) is 1.53. The first-order chi connectivity index (χ1) is 8.52. The second-order valence-electron chi connectivity index (χ2n) is 4.58. The van der Waals surface area contributed by atoms with E-state index in [4.69, 9.17) is 15.2 Å². The van der Waals surface area contributed by atoms with E-state index in [1.165, 1.54) is 18.4 Å². The quantitative estimate of drug-likeness (QED) is 0.804.